The molecule has 0 aliphatic heterocycles. The Balaban J connectivity index is 2.39. The average molecular weight is 306 g/mol. The van der Waals surface area contributed by atoms with Crippen molar-refractivity contribution in [3.8, 4) is 0 Å². The number of benzene rings is 1. The largest absolute Gasteiger partial charge is 0.310 e. The molecular weight excluding hydrogens is 289 g/mol. The standard InChI is InChI=1S/C12H17BrFNS/c1-9(5-6-16-2)15-8-10-3-4-11(13)12(14)7-10/h3-4,7,9,15H,5-6,8H2,1-2H3. The monoisotopic (exact) mass is 305 g/mol. The summed E-state index contributed by atoms with van der Waals surface area (Å²) < 4.78 is 13.7. The number of halogens is 2. The summed E-state index contributed by atoms with van der Waals surface area (Å²) >= 11 is 5.00. The normalized spacial score (nSPS) is 12.8. The predicted octanol–water partition coefficient (Wildman–Crippen LogP) is 3.82. The van der Waals surface area contributed by atoms with Crippen molar-refractivity contribution in [2.75, 3.05) is 12.0 Å². The van der Waals surface area contributed by atoms with Crippen LogP contribution in [-0.2, 0) is 6.54 Å². The van der Waals surface area contributed by atoms with Gasteiger partial charge in [-0.3, -0.25) is 0 Å². The zero-order valence-corrected chi connectivity index (χ0v) is 12.0. The second-order valence-corrected chi connectivity index (χ2v) is 5.65. The highest BCUT2D eigenvalue weighted by Crippen LogP contribution is 2.16. The molecule has 0 aromatic heterocycles. The van der Waals surface area contributed by atoms with Crippen molar-refractivity contribution in [3.63, 3.8) is 0 Å². The summed E-state index contributed by atoms with van der Waals surface area (Å²) in [5.41, 5.74) is 0.983. The molecule has 90 valence electrons. The van der Waals surface area contributed by atoms with Gasteiger partial charge in [0.2, 0.25) is 0 Å². The van der Waals surface area contributed by atoms with Crippen molar-refractivity contribution < 1.29 is 4.39 Å². The predicted molar refractivity (Wildman–Crippen MR) is 73.4 cm³/mol. The SMILES string of the molecule is CSCCC(C)NCc1ccc(Br)c(F)c1. The summed E-state index contributed by atoms with van der Waals surface area (Å²) in [6, 6.07) is 5.72. The molecule has 0 aliphatic carbocycles. The van der Waals surface area contributed by atoms with Gasteiger partial charge in [-0.15, -0.1) is 0 Å². The Morgan fingerprint density at radius 1 is 1.50 bits per heavy atom. The van der Waals surface area contributed by atoms with Crippen LogP contribution in [0.4, 0.5) is 4.39 Å². The summed E-state index contributed by atoms with van der Waals surface area (Å²) in [5, 5.41) is 3.39. The van der Waals surface area contributed by atoms with Gasteiger partial charge in [-0.1, -0.05) is 6.07 Å². The molecule has 1 rings (SSSR count). The van der Waals surface area contributed by atoms with Crippen LogP contribution in [-0.4, -0.2) is 18.1 Å². The fraction of sp³-hybridized carbons (Fsp3) is 0.500. The van der Waals surface area contributed by atoms with Gasteiger partial charge in [-0.05, 0) is 59.0 Å². The first-order valence-corrected chi connectivity index (χ1v) is 7.48. The number of nitrogens with one attached hydrogen (secondary N) is 1. The summed E-state index contributed by atoms with van der Waals surface area (Å²) in [6.45, 7) is 2.88. The third-order valence-corrected chi connectivity index (χ3v) is 3.68. The summed E-state index contributed by atoms with van der Waals surface area (Å²) in [5.74, 6) is 0.958. The molecule has 0 aliphatic rings. The van der Waals surface area contributed by atoms with Crippen molar-refractivity contribution in [1.82, 2.24) is 5.32 Å². The summed E-state index contributed by atoms with van der Waals surface area (Å²) in [4.78, 5) is 0. The maximum Gasteiger partial charge on any atom is 0.137 e. The van der Waals surface area contributed by atoms with E-state index in [-0.39, 0.29) is 5.82 Å². The summed E-state index contributed by atoms with van der Waals surface area (Å²) in [7, 11) is 0. The molecule has 1 unspecified atom stereocenters. The molecule has 0 saturated carbocycles. The van der Waals surface area contributed by atoms with E-state index in [4.69, 9.17) is 0 Å². The van der Waals surface area contributed by atoms with Crippen LogP contribution in [0, 0.1) is 5.82 Å². The van der Waals surface area contributed by atoms with Gasteiger partial charge in [-0.25, -0.2) is 4.39 Å². The molecule has 0 saturated heterocycles. The van der Waals surface area contributed by atoms with Crippen LogP contribution in [0.3, 0.4) is 0 Å². The fourth-order valence-electron chi connectivity index (χ4n) is 1.34. The molecule has 1 nitrogen and oxygen atoms in total. The number of hydrogen-bond acceptors (Lipinski definition) is 2. The lowest BCUT2D eigenvalue weighted by atomic mass is 10.2. The molecule has 16 heavy (non-hydrogen) atoms. The van der Waals surface area contributed by atoms with Gasteiger partial charge in [0.1, 0.15) is 5.82 Å². The van der Waals surface area contributed by atoms with Crippen LogP contribution < -0.4 is 5.32 Å². The minimum Gasteiger partial charge on any atom is -0.310 e. The van der Waals surface area contributed by atoms with Crippen molar-refractivity contribution in [2.24, 2.45) is 0 Å². The molecule has 1 aromatic carbocycles. The second-order valence-electron chi connectivity index (χ2n) is 3.81. The molecule has 0 spiro atoms. The Morgan fingerprint density at radius 2 is 2.25 bits per heavy atom. The molecule has 4 heteroatoms. The minimum absolute atomic E-state index is 0.198. The molecule has 0 fully saturated rings. The van der Waals surface area contributed by atoms with E-state index in [1.807, 2.05) is 17.8 Å². The summed E-state index contributed by atoms with van der Waals surface area (Å²) in [6.07, 6.45) is 3.25. The first kappa shape index (κ1) is 14.0. The van der Waals surface area contributed by atoms with E-state index in [9.17, 15) is 4.39 Å². The zero-order chi connectivity index (χ0) is 12.0. The third kappa shape index (κ3) is 4.85. The van der Waals surface area contributed by atoms with E-state index >= 15 is 0 Å². The highest BCUT2D eigenvalue weighted by molar-refractivity contribution is 9.10. The maximum atomic E-state index is 13.2. The van der Waals surface area contributed by atoms with Gasteiger partial charge in [0.15, 0.2) is 0 Å². The van der Waals surface area contributed by atoms with Crippen molar-refractivity contribution in [1.29, 1.82) is 0 Å². The number of thioether (sulfide) groups is 1. The lowest BCUT2D eigenvalue weighted by Crippen LogP contribution is -2.26. The van der Waals surface area contributed by atoms with Gasteiger partial charge in [0, 0.05) is 12.6 Å². The van der Waals surface area contributed by atoms with Crippen molar-refractivity contribution >= 4 is 27.7 Å². The van der Waals surface area contributed by atoms with Crippen molar-refractivity contribution in [3.05, 3.63) is 34.1 Å². The van der Waals surface area contributed by atoms with E-state index in [0.29, 0.717) is 10.5 Å². The van der Waals surface area contributed by atoms with Crippen LogP contribution in [0.25, 0.3) is 0 Å². The average Bonchev–Trinajstić information content (AvgIpc) is 2.28. The van der Waals surface area contributed by atoms with Crippen LogP contribution in [0.15, 0.2) is 22.7 Å². The van der Waals surface area contributed by atoms with Crippen LogP contribution >= 0.6 is 27.7 Å². The van der Waals surface area contributed by atoms with Gasteiger partial charge in [0.25, 0.3) is 0 Å². The molecule has 0 heterocycles. The van der Waals surface area contributed by atoms with E-state index in [0.717, 1.165) is 24.3 Å². The van der Waals surface area contributed by atoms with Gasteiger partial charge >= 0.3 is 0 Å². The Hall–Kier alpha value is -0.0600. The van der Waals surface area contributed by atoms with Gasteiger partial charge in [0.05, 0.1) is 4.47 Å². The quantitative estimate of drug-likeness (QED) is 0.857. The minimum atomic E-state index is -0.198. The van der Waals surface area contributed by atoms with E-state index in [1.54, 1.807) is 12.1 Å². The molecule has 0 radical (unpaired) electrons. The second kappa shape index (κ2) is 7.30. The Bertz CT molecular complexity index is 333. The lowest BCUT2D eigenvalue weighted by molar-refractivity contribution is 0.534. The third-order valence-electron chi connectivity index (χ3n) is 2.39. The number of rotatable bonds is 6. The molecule has 0 amide bonds. The van der Waals surface area contributed by atoms with Gasteiger partial charge in [-0.2, -0.15) is 11.8 Å². The van der Waals surface area contributed by atoms with Crippen molar-refractivity contribution in [2.45, 2.75) is 25.9 Å². The van der Waals surface area contributed by atoms with Gasteiger partial charge < -0.3 is 5.32 Å². The Labute approximate surface area is 109 Å². The van der Waals surface area contributed by atoms with Crippen LogP contribution in [0.5, 0.6) is 0 Å². The van der Waals surface area contributed by atoms with Crippen LogP contribution in [0.1, 0.15) is 18.9 Å². The Morgan fingerprint density at radius 3 is 2.88 bits per heavy atom. The van der Waals surface area contributed by atoms with E-state index < -0.39 is 0 Å². The Kier molecular flexibility index (Phi) is 6.39. The zero-order valence-electron chi connectivity index (χ0n) is 9.59. The molecule has 0 bridgehead atoms. The van der Waals surface area contributed by atoms with E-state index in [1.165, 1.54) is 0 Å². The molecular formula is C12H17BrFNS. The molecule has 1 aromatic rings. The molecule has 1 N–H and O–H groups in total. The first-order chi connectivity index (χ1) is 7.63. The maximum absolute atomic E-state index is 13.2. The highest BCUT2D eigenvalue weighted by Gasteiger charge is 2.03. The highest BCUT2D eigenvalue weighted by atomic mass is 79.9. The number of hydrogen-bond donors (Lipinski definition) is 1. The van der Waals surface area contributed by atoms with E-state index in [2.05, 4.69) is 34.4 Å². The van der Waals surface area contributed by atoms with Crippen LogP contribution in [0.2, 0.25) is 0 Å². The lowest BCUT2D eigenvalue weighted by Gasteiger charge is -2.13. The topological polar surface area (TPSA) is 12.0 Å². The smallest absolute Gasteiger partial charge is 0.137 e. The molecule has 1 atom stereocenters. The fourth-order valence-corrected chi connectivity index (χ4v) is 2.17. The first-order valence-electron chi connectivity index (χ1n) is 5.29.